The van der Waals surface area contributed by atoms with Crippen LogP contribution in [-0.4, -0.2) is 357 Å². The lowest BCUT2D eigenvalue weighted by atomic mass is 9.62. The first-order valence-electron chi connectivity index (χ1n) is 36.8. The highest BCUT2D eigenvalue weighted by Crippen LogP contribution is 2.27. The first kappa shape index (κ1) is 105. The van der Waals surface area contributed by atoms with Crippen molar-refractivity contribution in [3.63, 3.8) is 0 Å². The standard InChI is InChI=1S/C14H21BN2O5S.C12H17BN2O5S.2C10H21BN2O5S.C7H12BF3N2O5S.C7H15BN2O5S/c1-15(19)13-8-5-9-17(13)14(18)10-16-23(20,21)12-7-4-3-6-11(12)22-2;16-12(15-8-4-7-11(15)13(17)18)9-14-21(19,20)10-5-2-1-3-6-10;1-10(2,3)19(17,18)12-7-9(14)13-6-4-5-8(13)11(15)16;1-8(2)7-19(17,18)12-6-10(14)13-5-3-4-9(13)11(15)16;9-7(10,11)19(17,18)12-4-6(14)13-3-1-2-5(13)8(15)16;1-16(14,15)9-5-7(11)10-4-2-3-6(10)8(12)13/h3-4,6-7,13,16,19H,5,8-10H2,1-2H3;1-3,5-6,11,14,17-18H,4,7-9H2;8,12,15-16H,4-7H2,1-3H3;8-9,12,15-16H,3-7H2,1-2H3;5,12,15-16H,1-4H2;6,9,12-13H,2-5H2,1H3. The van der Waals surface area contributed by atoms with Gasteiger partial charge in [0.2, 0.25) is 85.6 Å². The van der Waals surface area contributed by atoms with Crippen LogP contribution in [0.4, 0.5) is 13.2 Å². The van der Waals surface area contributed by atoms with Crippen LogP contribution in [0, 0.1) is 5.92 Å². The van der Waals surface area contributed by atoms with Crippen LogP contribution in [0.25, 0.3) is 0 Å². The number of ether oxygens (including phenoxy) is 1. The normalized spacial score (nSPS) is 19.8. The van der Waals surface area contributed by atoms with E-state index in [0.29, 0.717) is 90.5 Å². The van der Waals surface area contributed by atoms with E-state index in [-0.39, 0.29) is 78.2 Å². The summed E-state index contributed by atoms with van der Waals surface area (Å²) in [5.74, 6) is -6.66. The predicted molar refractivity (Wildman–Crippen MR) is 422 cm³/mol. The average molecular weight is 1790 g/mol. The molecule has 0 saturated carbocycles. The van der Waals surface area contributed by atoms with Crippen LogP contribution in [0.3, 0.4) is 0 Å². The Kier molecular flexibility index (Phi) is 42.4. The Hall–Kier alpha value is -5.74. The van der Waals surface area contributed by atoms with Crippen molar-refractivity contribution < 1.29 is 152 Å². The Balaban J connectivity index is 0.000000364. The lowest BCUT2D eigenvalue weighted by Gasteiger charge is -2.25. The number of carbonyl (C=O) groups is 6. The van der Waals surface area contributed by atoms with Gasteiger partial charge in [-0.15, -0.1) is 0 Å². The fraction of sp³-hybridized carbons (Fsp3) is 0.700. The molecule has 6 saturated heterocycles. The maximum Gasteiger partial charge on any atom is 0.511 e. The molecule has 17 N–H and O–H groups in total. The Morgan fingerprint density at radius 1 is 0.427 bits per heavy atom. The van der Waals surface area contributed by atoms with E-state index >= 15 is 0 Å². The quantitative estimate of drug-likeness (QED) is 0.0336. The van der Waals surface area contributed by atoms with Crippen molar-refractivity contribution in [2.45, 2.75) is 174 Å². The third-order valence-electron chi connectivity index (χ3n) is 18.7. The Morgan fingerprint density at radius 3 is 1.01 bits per heavy atom. The van der Waals surface area contributed by atoms with Gasteiger partial charge < -0.3 is 89.4 Å². The highest BCUT2D eigenvalue weighted by atomic mass is 32.2. The highest BCUT2D eigenvalue weighted by Gasteiger charge is 2.47. The molecule has 6 unspecified atom stereocenters. The number of carbonyl (C=O) groups excluding carboxylic acids is 6. The summed E-state index contributed by atoms with van der Waals surface area (Å²) in [6, 6.07) is 14.0. The molecule has 6 aliphatic rings. The van der Waals surface area contributed by atoms with Crippen LogP contribution in [0.5, 0.6) is 5.75 Å². The number of halogens is 3. The number of hydrogen-bond acceptors (Lipinski definition) is 30. The third-order valence-corrected chi connectivity index (χ3v) is 27.1. The molecule has 6 heterocycles. The number of para-hydroxylation sites is 1. The van der Waals surface area contributed by atoms with Gasteiger partial charge in [-0.3, -0.25) is 28.8 Å². The summed E-state index contributed by atoms with van der Waals surface area (Å²) in [6.45, 7) is 8.63. The van der Waals surface area contributed by atoms with Gasteiger partial charge in [-0.05, 0) is 128 Å². The molecule has 117 heavy (non-hydrogen) atoms. The number of hydrogen-bond donors (Lipinski definition) is 17. The number of likely N-dealkylation sites (tertiary alicyclic amines) is 6. The fourth-order valence-corrected chi connectivity index (χ4v) is 17.7. The maximum atomic E-state index is 12.3. The molecule has 0 aromatic heterocycles. The summed E-state index contributed by atoms with van der Waals surface area (Å²) >= 11 is 0. The van der Waals surface area contributed by atoms with E-state index in [1.807, 2.05) is 0 Å². The van der Waals surface area contributed by atoms with E-state index in [1.165, 1.54) is 70.6 Å². The summed E-state index contributed by atoms with van der Waals surface area (Å²) in [5, 5.41) is 101. The maximum absolute atomic E-state index is 12.3. The number of nitrogens with one attached hydrogen (secondary N) is 6. The largest absolute Gasteiger partial charge is 0.511 e. The second-order valence-electron chi connectivity index (χ2n) is 29.0. The number of nitrogens with zero attached hydrogens (tertiary/aromatic N) is 6. The molecule has 6 atom stereocenters. The van der Waals surface area contributed by atoms with Crippen LogP contribution in [0.15, 0.2) is 64.4 Å². The van der Waals surface area contributed by atoms with Gasteiger partial charge in [-0.25, -0.2) is 74.1 Å². The molecule has 8 rings (SSSR count). The molecule has 6 fully saturated rings. The van der Waals surface area contributed by atoms with Crippen molar-refractivity contribution >= 4 is 138 Å². The van der Waals surface area contributed by atoms with Crippen molar-refractivity contribution in [2.24, 2.45) is 5.92 Å². The molecule has 42 nitrogen and oxygen atoms in total. The summed E-state index contributed by atoms with van der Waals surface area (Å²) in [4.78, 5) is 79.0. The number of methoxy groups -OCH3 is 1. The third kappa shape index (κ3) is 34.2. The van der Waals surface area contributed by atoms with Crippen LogP contribution in [0.1, 0.15) is 112 Å². The summed E-state index contributed by atoms with van der Waals surface area (Å²) in [5.41, 5.74) is -5.49. The summed E-state index contributed by atoms with van der Waals surface area (Å²) in [6.07, 6.45) is 8.00. The van der Waals surface area contributed by atoms with Crippen molar-refractivity contribution in [2.75, 3.05) is 97.7 Å². The topological polar surface area (TPSA) is 631 Å². The number of rotatable bonds is 29. The Morgan fingerprint density at radius 2 is 0.709 bits per heavy atom. The fourth-order valence-electron chi connectivity index (χ4n) is 12.7. The van der Waals surface area contributed by atoms with Crippen LogP contribution < -0.4 is 33.1 Å². The number of sulfonamides is 6. The zero-order chi connectivity index (χ0) is 89.2. The van der Waals surface area contributed by atoms with Crippen molar-refractivity contribution in [3.8, 4) is 5.75 Å². The molecule has 0 aliphatic carbocycles. The van der Waals surface area contributed by atoms with E-state index < -0.39 is 185 Å². The molecule has 0 spiro atoms. The molecule has 6 aliphatic heterocycles. The predicted octanol–water partition coefficient (Wildman–Crippen LogP) is -7.68. The zero-order valence-electron chi connectivity index (χ0n) is 65.8. The summed E-state index contributed by atoms with van der Waals surface area (Å²) < 4.78 is 191. The van der Waals surface area contributed by atoms with E-state index in [2.05, 4.69) is 23.6 Å². The average Bonchev–Trinajstić information content (AvgIpc) is 1.41. The minimum Gasteiger partial charge on any atom is -0.495 e. The van der Waals surface area contributed by atoms with E-state index in [0.717, 1.165) is 28.7 Å². The molecule has 662 valence electrons. The van der Waals surface area contributed by atoms with Crippen molar-refractivity contribution in [1.29, 1.82) is 0 Å². The molecule has 6 amide bonds. The van der Waals surface area contributed by atoms with Gasteiger partial charge in [0.15, 0.2) is 0 Å². The molecule has 0 radical (unpaired) electrons. The molecular formula is C60H107B6F3N12O30S6. The summed E-state index contributed by atoms with van der Waals surface area (Å²) in [7, 11) is -30.4. The van der Waals surface area contributed by atoms with Crippen molar-refractivity contribution in [1.82, 2.24) is 57.7 Å². The van der Waals surface area contributed by atoms with Crippen LogP contribution in [-0.2, 0) is 88.9 Å². The monoisotopic (exact) mass is 1790 g/mol. The number of alkyl halides is 3. The van der Waals surface area contributed by atoms with Gasteiger partial charge in [0.1, 0.15) is 10.6 Å². The Bertz CT molecular complexity index is 4200. The van der Waals surface area contributed by atoms with Gasteiger partial charge >= 0.3 is 58.0 Å². The first-order chi connectivity index (χ1) is 53.9. The van der Waals surface area contributed by atoms with Gasteiger partial charge in [0.05, 0.1) is 97.7 Å². The smallest absolute Gasteiger partial charge is 0.495 e. The number of amides is 6. The van der Waals surface area contributed by atoms with Gasteiger partial charge in [0, 0.05) is 45.2 Å². The highest BCUT2D eigenvalue weighted by molar-refractivity contribution is 7.91. The first-order valence-corrected chi connectivity index (χ1v) is 46.3. The van der Waals surface area contributed by atoms with Crippen molar-refractivity contribution in [3.05, 3.63) is 54.6 Å². The second kappa shape index (κ2) is 47.0. The SMILES string of the molecule is CC(C)(C)S(=O)(=O)NCC(=O)N1CCCC1B(O)O.CC(C)CS(=O)(=O)NCC(=O)N1CCCC1B(O)O.COc1ccccc1S(=O)(=O)NCC(=O)N1CCCC1B(C)O.CS(=O)(=O)NCC(=O)N1CCCC1B(O)O.O=C(CNS(=O)(=O)C(F)(F)F)N1CCCC1B(O)O.O=C(CNS(=O)(=O)c1ccccc1)N1CCCC1B(O)O. The van der Waals surface area contributed by atoms with Crippen LogP contribution in [0.2, 0.25) is 6.82 Å². The Labute approximate surface area is 682 Å². The molecule has 2 aromatic rings. The molecule has 0 bridgehead atoms. The van der Waals surface area contributed by atoms with Crippen LogP contribution >= 0.6 is 0 Å². The minimum atomic E-state index is -5.58. The van der Waals surface area contributed by atoms with Gasteiger partial charge in [-0.1, -0.05) is 51.0 Å². The zero-order valence-corrected chi connectivity index (χ0v) is 70.7. The number of benzene rings is 2. The van der Waals surface area contributed by atoms with Gasteiger partial charge in [-0.2, -0.15) is 17.9 Å². The lowest BCUT2D eigenvalue weighted by Crippen LogP contribution is -2.50. The van der Waals surface area contributed by atoms with E-state index in [4.69, 9.17) is 44.9 Å². The second-order valence-corrected chi connectivity index (χ2v) is 40.5. The minimum absolute atomic E-state index is 0.0104. The molecule has 57 heteroatoms. The van der Waals surface area contributed by atoms with Gasteiger partial charge in [0.25, 0.3) is 0 Å². The molecule has 2 aromatic carbocycles. The van der Waals surface area contributed by atoms with E-state index in [1.54, 1.807) is 57.1 Å². The molecular weight excluding hydrogens is 1680 g/mol. The lowest BCUT2D eigenvalue weighted by molar-refractivity contribution is -0.130. The van der Waals surface area contributed by atoms with E-state index in [9.17, 15) is 108 Å².